The fourth-order valence-electron chi connectivity index (χ4n) is 1.32. The number of rotatable bonds is 6. The summed E-state index contributed by atoms with van der Waals surface area (Å²) in [6.45, 7) is 5.75. The second kappa shape index (κ2) is 7.41. The van der Waals surface area contributed by atoms with Crippen LogP contribution in [0.3, 0.4) is 0 Å². The standard InChI is InChI=1S/C12H20N4O3S/c1-12(2,3)19-11(17)7-20-10-5-8(16-13)14-9(15-10)6-18-4/h5H,6-7,13H2,1-4H3,(H,14,15,16). The normalized spacial score (nSPS) is 11.2. The Kier molecular flexibility index (Phi) is 6.18. The van der Waals surface area contributed by atoms with Gasteiger partial charge in [-0.15, -0.1) is 0 Å². The average molecular weight is 300 g/mol. The number of anilines is 1. The summed E-state index contributed by atoms with van der Waals surface area (Å²) in [6.07, 6.45) is 0. The Hall–Kier alpha value is -1.38. The average Bonchev–Trinajstić information content (AvgIpc) is 2.34. The molecule has 1 rings (SSSR count). The maximum Gasteiger partial charge on any atom is 0.316 e. The molecule has 7 nitrogen and oxygen atoms in total. The fourth-order valence-corrected chi connectivity index (χ4v) is 2.01. The molecular formula is C12H20N4O3S. The van der Waals surface area contributed by atoms with Gasteiger partial charge in [-0.1, -0.05) is 11.8 Å². The molecule has 0 radical (unpaired) electrons. The minimum absolute atomic E-state index is 0.171. The molecule has 0 saturated heterocycles. The van der Waals surface area contributed by atoms with E-state index in [1.54, 1.807) is 13.2 Å². The molecule has 0 aliphatic heterocycles. The van der Waals surface area contributed by atoms with Crippen molar-refractivity contribution in [1.29, 1.82) is 0 Å². The number of aromatic nitrogens is 2. The van der Waals surface area contributed by atoms with Crippen molar-refractivity contribution in [1.82, 2.24) is 9.97 Å². The summed E-state index contributed by atoms with van der Waals surface area (Å²) in [4.78, 5) is 20.0. The van der Waals surface area contributed by atoms with E-state index in [1.165, 1.54) is 11.8 Å². The van der Waals surface area contributed by atoms with Gasteiger partial charge in [0.15, 0.2) is 5.82 Å². The monoisotopic (exact) mass is 300 g/mol. The van der Waals surface area contributed by atoms with Crippen molar-refractivity contribution >= 4 is 23.5 Å². The van der Waals surface area contributed by atoms with Crippen LogP contribution in [0.5, 0.6) is 0 Å². The SMILES string of the molecule is COCc1nc(NN)cc(SCC(=O)OC(C)(C)C)n1. The van der Waals surface area contributed by atoms with Crippen LogP contribution in [0.2, 0.25) is 0 Å². The molecule has 0 saturated carbocycles. The Bertz CT molecular complexity index is 463. The first-order chi connectivity index (χ1) is 9.34. The fraction of sp³-hybridized carbons (Fsp3) is 0.583. The number of nitrogen functional groups attached to an aromatic ring is 1. The number of carbonyl (C=O) groups is 1. The topological polar surface area (TPSA) is 99.4 Å². The van der Waals surface area contributed by atoms with Crippen LogP contribution >= 0.6 is 11.8 Å². The van der Waals surface area contributed by atoms with E-state index >= 15 is 0 Å². The number of nitrogens with one attached hydrogen (secondary N) is 1. The van der Waals surface area contributed by atoms with Gasteiger partial charge in [-0.25, -0.2) is 15.8 Å². The zero-order chi connectivity index (χ0) is 15.2. The summed E-state index contributed by atoms with van der Waals surface area (Å²) in [6, 6.07) is 1.66. The van der Waals surface area contributed by atoms with Gasteiger partial charge in [-0.05, 0) is 20.8 Å². The van der Waals surface area contributed by atoms with E-state index in [2.05, 4.69) is 15.4 Å². The molecule has 1 aromatic heterocycles. The third-order valence-corrected chi connectivity index (χ3v) is 2.81. The van der Waals surface area contributed by atoms with Gasteiger partial charge in [-0.2, -0.15) is 0 Å². The number of hydrazine groups is 1. The maximum absolute atomic E-state index is 11.6. The Labute approximate surface area is 122 Å². The van der Waals surface area contributed by atoms with Gasteiger partial charge in [0.25, 0.3) is 0 Å². The molecule has 0 aliphatic rings. The number of ether oxygens (including phenoxy) is 2. The van der Waals surface area contributed by atoms with Gasteiger partial charge in [0.2, 0.25) is 0 Å². The zero-order valence-corrected chi connectivity index (χ0v) is 12.9. The number of esters is 1. The smallest absolute Gasteiger partial charge is 0.316 e. The van der Waals surface area contributed by atoms with Gasteiger partial charge in [0.05, 0.1) is 5.75 Å². The van der Waals surface area contributed by atoms with Crippen LogP contribution in [0.15, 0.2) is 11.1 Å². The highest BCUT2D eigenvalue weighted by molar-refractivity contribution is 7.99. The summed E-state index contributed by atoms with van der Waals surface area (Å²) in [5.74, 6) is 6.18. The van der Waals surface area contributed by atoms with Gasteiger partial charge in [0, 0.05) is 13.2 Å². The number of methoxy groups -OCH3 is 1. The first-order valence-electron chi connectivity index (χ1n) is 6.02. The van der Waals surface area contributed by atoms with Gasteiger partial charge in [-0.3, -0.25) is 4.79 Å². The highest BCUT2D eigenvalue weighted by Crippen LogP contribution is 2.20. The maximum atomic E-state index is 11.6. The molecule has 1 heterocycles. The van der Waals surface area contributed by atoms with Crippen LogP contribution in [0.4, 0.5) is 5.82 Å². The highest BCUT2D eigenvalue weighted by atomic mass is 32.2. The van der Waals surface area contributed by atoms with Crippen LogP contribution in [0.25, 0.3) is 0 Å². The third kappa shape index (κ3) is 6.18. The summed E-state index contributed by atoms with van der Waals surface area (Å²) < 4.78 is 10.2. The lowest BCUT2D eigenvalue weighted by atomic mass is 10.2. The van der Waals surface area contributed by atoms with E-state index in [9.17, 15) is 4.79 Å². The number of hydrogen-bond donors (Lipinski definition) is 2. The summed E-state index contributed by atoms with van der Waals surface area (Å²) in [5, 5.41) is 0.630. The molecule has 20 heavy (non-hydrogen) atoms. The molecule has 0 bridgehead atoms. The Morgan fingerprint density at radius 1 is 1.45 bits per heavy atom. The summed E-state index contributed by atoms with van der Waals surface area (Å²) in [5.41, 5.74) is 1.96. The third-order valence-electron chi connectivity index (χ3n) is 1.93. The second-order valence-corrected chi connectivity index (χ2v) is 5.96. The van der Waals surface area contributed by atoms with E-state index in [4.69, 9.17) is 15.3 Å². The molecule has 112 valence electrons. The van der Waals surface area contributed by atoms with Gasteiger partial charge < -0.3 is 14.9 Å². The van der Waals surface area contributed by atoms with Crippen molar-refractivity contribution in [2.45, 2.75) is 38.0 Å². The lowest BCUT2D eigenvalue weighted by molar-refractivity contribution is -0.151. The predicted octanol–water partition coefficient (Wildman–Crippen LogP) is 1.34. The van der Waals surface area contributed by atoms with Crippen LogP contribution in [-0.2, 0) is 20.9 Å². The van der Waals surface area contributed by atoms with E-state index in [0.717, 1.165) is 0 Å². The number of hydrogen-bond acceptors (Lipinski definition) is 8. The Morgan fingerprint density at radius 2 is 2.15 bits per heavy atom. The molecule has 0 fully saturated rings. The van der Waals surface area contributed by atoms with Crippen molar-refractivity contribution in [3.63, 3.8) is 0 Å². The number of carbonyl (C=O) groups excluding carboxylic acids is 1. The predicted molar refractivity (Wildman–Crippen MR) is 77.1 cm³/mol. The molecule has 0 spiro atoms. The quantitative estimate of drug-likeness (QED) is 0.267. The Balaban J connectivity index is 2.67. The van der Waals surface area contributed by atoms with Crippen molar-refractivity contribution < 1.29 is 14.3 Å². The molecule has 0 amide bonds. The first-order valence-corrected chi connectivity index (χ1v) is 7.01. The van der Waals surface area contributed by atoms with Crippen molar-refractivity contribution in [3.05, 3.63) is 11.9 Å². The molecule has 0 aliphatic carbocycles. The van der Waals surface area contributed by atoms with Gasteiger partial charge >= 0.3 is 5.97 Å². The first kappa shape index (κ1) is 16.7. The van der Waals surface area contributed by atoms with Crippen LogP contribution in [-0.4, -0.2) is 34.4 Å². The Morgan fingerprint density at radius 3 is 2.70 bits per heavy atom. The van der Waals surface area contributed by atoms with Gasteiger partial charge in [0.1, 0.15) is 23.1 Å². The van der Waals surface area contributed by atoms with E-state index in [0.29, 0.717) is 16.7 Å². The van der Waals surface area contributed by atoms with Crippen LogP contribution < -0.4 is 11.3 Å². The molecule has 0 atom stereocenters. The molecular weight excluding hydrogens is 280 g/mol. The van der Waals surface area contributed by atoms with E-state index in [1.807, 2.05) is 20.8 Å². The molecule has 0 aromatic carbocycles. The number of thioether (sulfide) groups is 1. The van der Waals surface area contributed by atoms with Crippen LogP contribution in [0.1, 0.15) is 26.6 Å². The lowest BCUT2D eigenvalue weighted by Gasteiger charge is -2.19. The largest absolute Gasteiger partial charge is 0.459 e. The molecule has 1 aromatic rings. The van der Waals surface area contributed by atoms with E-state index < -0.39 is 5.60 Å². The lowest BCUT2D eigenvalue weighted by Crippen LogP contribution is -2.25. The summed E-state index contributed by atoms with van der Waals surface area (Å²) >= 11 is 1.26. The van der Waals surface area contributed by atoms with Crippen LogP contribution in [0, 0.1) is 0 Å². The minimum atomic E-state index is -0.492. The zero-order valence-electron chi connectivity index (χ0n) is 12.1. The second-order valence-electron chi connectivity index (χ2n) is 4.96. The minimum Gasteiger partial charge on any atom is -0.459 e. The molecule has 8 heteroatoms. The molecule has 3 N–H and O–H groups in total. The van der Waals surface area contributed by atoms with Crippen molar-refractivity contribution in [3.8, 4) is 0 Å². The van der Waals surface area contributed by atoms with Crippen molar-refractivity contribution in [2.75, 3.05) is 18.3 Å². The highest BCUT2D eigenvalue weighted by Gasteiger charge is 2.16. The number of nitrogens with zero attached hydrogens (tertiary/aromatic N) is 2. The molecule has 0 unspecified atom stereocenters. The summed E-state index contributed by atoms with van der Waals surface area (Å²) in [7, 11) is 1.55. The van der Waals surface area contributed by atoms with Crippen molar-refractivity contribution in [2.24, 2.45) is 5.84 Å². The van der Waals surface area contributed by atoms with E-state index in [-0.39, 0.29) is 18.3 Å². The number of nitrogens with two attached hydrogens (primary N) is 1.